The van der Waals surface area contributed by atoms with E-state index in [4.69, 9.17) is 14.2 Å². The molecule has 26 heavy (non-hydrogen) atoms. The van der Waals surface area contributed by atoms with E-state index >= 15 is 0 Å². The van der Waals surface area contributed by atoms with Gasteiger partial charge in [-0.25, -0.2) is 4.79 Å². The molecule has 0 saturated heterocycles. The molecule has 0 radical (unpaired) electrons. The summed E-state index contributed by atoms with van der Waals surface area (Å²) in [6.07, 6.45) is 1.51. The molecule has 1 atom stereocenters. The molecule has 1 unspecified atom stereocenters. The standard InChI is InChI=1S/C21H26O5/c1-5-6-12-25-18-13-17(15(3)24-4)20(22)14(2)19(18)21(23)26-16-10-8-7-9-11-16/h7-11,13,15,22H,5-6,12H2,1-4H3. The molecule has 0 spiro atoms. The number of phenols is 1. The summed E-state index contributed by atoms with van der Waals surface area (Å²) in [6, 6.07) is 10.5. The van der Waals surface area contributed by atoms with Gasteiger partial charge in [-0.2, -0.15) is 0 Å². The molecule has 0 aliphatic rings. The van der Waals surface area contributed by atoms with E-state index < -0.39 is 5.97 Å². The summed E-state index contributed by atoms with van der Waals surface area (Å²) in [7, 11) is 1.56. The Bertz CT molecular complexity index is 740. The number of rotatable bonds is 8. The van der Waals surface area contributed by atoms with Gasteiger partial charge >= 0.3 is 5.97 Å². The molecule has 2 aromatic rings. The monoisotopic (exact) mass is 358 g/mol. The van der Waals surface area contributed by atoms with Crippen LogP contribution >= 0.6 is 0 Å². The van der Waals surface area contributed by atoms with Crippen LogP contribution in [0.5, 0.6) is 17.2 Å². The van der Waals surface area contributed by atoms with Crippen molar-refractivity contribution in [3.8, 4) is 17.2 Å². The third-order valence-electron chi connectivity index (χ3n) is 4.24. The molecule has 0 bridgehead atoms. The number of benzene rings is 2. The summed E-state index contributed by atoms with van der Waals surface area (Å²) in [5, 5.41) is 10.5. The molecule has 0 aliphatic heterocycles. The molecular weight excluding hydrogens is 332 g/mol. The summed E-state index contributed by atoms with van der Waals surface area (Å²) in [5.74, 6) is 0.285. The van der Waals surface area contributed by atoms with Gasteiger partial charge in [0.05, 0.1) is 12.7 Å². The highest BCUT2D eigenvalue weighted by Crippen LogP contribution is 2.38. The minimum Gasteiger partial charge on any atom is -0.507 e. The van der Waals surface area contributed by atoms with Crippen LogP contribution in [-0.2, 0) is 4.74 Å². The fourth-order valence-electron chi connectivity index (χ4n) is 2.58. The van der Waals surface area contributed by atoms with Crippen molar-refractivity contribution in [1.29, 1.82) is 0 Å². The maximum absolute atomic E-state index is 12.7. The van der Waals surface area contributed by atoms with Crippen molar-refractivity contribution in [1.82, 2.24) is 0 Å². The van der Waals surface area contributed by atoms with Crippen molar-refractivity contribution in [3.63, 3.8) is 0 Å². The Labute approximate surface area is 154 Å². The Morgan fingerprint density at radius 2 is 1.92 bits per heavy atom. The highest BCUT2D eigenvalue weighted by Gasteiger charge is 2.25. The summed E-state index contributed by atoms with van der Waals surface area (Å²) < 4.78 is 16.6. The normalized spacial score (nSPS) is 11.8. The van der Waals surface area contributed by atoms with E-state index in [1.165, 1.54) is 0 Å². The van der Waals surface area contributed by atoms with Gasteiger partial charge in [-0.1, -0.05) is 31.5 Å². The second-order valence-electron chi connectivity index (χ2n) is 6.10. The number of carbonyl (C=O) groups is 1. The quantitative estimate of drug-likeness (QED) is 0.417. The molecule has 0 aliphatic carbocycles. The zero-order valence-electron chi connectivity index (χ0n) is 15.7. The van der Waals surface area contributed by atoms with Crippen LogP contribution in [0.2, 0.25) is 0 Å². The topological polar surface area (TPSA) is 65.0 Å². The molecule has 0 heterocycles. The maximum Gasteiger partial charge on any atom is 0.347 e. The fraction of sp³-hybridized carbons (Fsp3) is 0.381. The smallest absolute Gasteiger partial charge is 0.347 e. The first-order valence-electron chi connectivity index (χ1n) is 8.78. The first kappa shape index (κ1) is 19.8. The van der Waals surface area contributed by atoms with Crippen molar-refractivity contribution in [2.75, 3.05) is 13.7 Å². The number of carbonyl (C=O) groups excluding carboxylic acids is 1. The number of ether oxygens (including phenoxy) is 3. The Morgan fingerprint density at radius 1 is 1.23 bits per heavy atom. The number of phenolic OH excluding ortho intramolecular Hbond substituents is 1. The number of esters is 1. The van der Waals surface area contributed by atoms with Crippen LogP contribution < -0.4 is 9.47 Å². The summed E-state index contributed by atoms with van der Waals surface area (Å²) >= 11 is 0. The molecule has 2 rings (SSSR count). The highest BCUT2D eigenvalue weighted by atomic mass is 16.5. The number of hydrogen-bond donors (Lipinski definition) is 1. The van der Waals surface area contributed by atoms with Crippen molar-refractivity contribution in [2.24, 2.45) is 0 Å². The minimum absolute atomic E-state index is 0.0159. The SMILES string of the molecule is CCCCOc1cc(C(C)OC)c(O)c(C)c1C(=O)Oc1ccccc1. The lowest BCUT2D eigenvalue weighted by atomic mass is 9.99. The average molecular weight is 358 g/mol. The first-order chi connectivity index (χ1) is 12.5. The lowest BCUT2D eigenvalue weighted by Gasteiger charge is -2.19. The summed E-state index contributed by atoms with van der Waals surface area (Å²) in [4.78, 5) is 12.7. The van der Waals surface area contributed by atoms with E-state index in [9.17, 15) is 9.90 Å². The van der Waals surface area contributed by atoms with Gasteiger partial charge in [0.1, 0.15) is 22.8 Å². The largest absolute Gasteiger partial charge is 0.507 e. The predicted octanol–water partition coefficient (Wildman–Crippen LogP) is 4.81. The highest BCUT2D eigenvalue weighted by molar-refractivity contribution is 5.96. The van der Waals surface area contributed by atoms with E-state index in [0.717, 1.165) is 12.8 Å². The zero-order valence-corrected chi connectivity index (χ0v) is 15.7. The molecule has 0 aromatic heterocycles. The van der Waals surface area contributed by atoms with Crippen molar-refractivity contribution in [3.05, 3.63) is 53.1 Å². The number of para-hydroxylation sites is 1. The lowest BCUT2D eigenvalue weighted by Crippen LogP contribution is -2.14. The number of methoxy groups -OCH3 is 1. The van der Waals surface area contributed by atoms with Gasteiger partial charge in [0.2, 0.25) is 0 Å². The van der Waals surface area contributed by atoms with Gasteiger partial charge in [-0.05, 0) is 38.5 Å². The van der Waals surface area contributed by atoms with Gasteiger partial charge in [0.15, 0.2) is 0 Å². The van der Waals surface area contributed by atoms with E-state index in [0.29, 0.717) is 29.2 Å². The summed E-state index contributed by atoms with van der Waals surface area (Å²) in [5.41, 5.74) is 1.22. The second-order valence-corrected chi connectivity index (χ2v) is 6.10. The Morgan fingerprint density at radius 3 is 2.54 bits per heavy atom. The van der Waals surface area contributed by atoms with E-state index in [-0.39, 0.29) is 17.4 Å². The Kier molecular flexibility index (Phi) is 7.04. The van der Waals surface area contributed by atoms with Crippen molar-refractivity contribution >= 4 is 5.97 Å². The fourth-order valence-corrected chi connectivity index (χ4v) is 2.58. The third-order valence-corrected chi connectivity index (χ3v) is 4.24. The zero-order chi connectivity index (χ0) is 19.1. The molecule has 5 heteroatoms. The third kappa shape index (κ3) is 4.55. The van der Waals surface area contributed by atoms with Crippen molar-refractivity contribution in [2.45, 2.75) is 39.7 Å². The number of unbranched alkanes of at least 4 members (excludes halogenated alkanes) is 1. The minimum atomic E-state index is -0.563. The van der Waals surface area contributed by atoms with Crippen molar-refractivity contribution < 1.29 is 24.1 Å². The van der Waals surface area contributed by atoms with Crippen LogP contribution in [0.15, 0.2) is 36.4 Å². The van der Waals surface area contributed by atoms with Crippen LogP contribution in [-0.4, -0.2) is 24.8 Å². The maximum atomic E-state index is 12.7. The molecule has 140 valence electrons. The predicted molar refractivity (Wildman–Crippen MR) is 100 cm³/mol. The first-order valence-corrected chi connectivity index (χ1v) is 8.78. The van der Waals surface area contributed by atoms with Crippen LogP contribution in [0.1, 0.15) is 54.3 Å². The van der Waals surface area contributed by atoms with Crippen LogP contribution in [0.25, 0.3) is 0 Å². The second kappa shape index (κ2) is 9.25. The van der Waals surface area contributed by atoms with Crippen LogP contribution in [0.4, 0.5) is 0 Å². The van der Waals surface area contributed by atoms with E-state index in [1.807, 2.05) is 13.0 Å². The molecule has 0 saturated carbocycles. The Balaban J connectivity index is 2.44. The van der Waals surface area contributed by atoms with Gasteiger partial charge in [0.25, 0.3) is 0 Å². The molecular formula is C21H26O5. The molecule has 1 N–H and O–H groups in total. The molecule has 0 amide bonds. The van der Waals surface area contributed by atoms with Gasteiger partial charge in [0, 0.05) is 18.2 Å². The average Bonchev–Trinajstić information content (AvgIpc) is 2.64. The van der Waals surface area contributed by atoms with Gasteiger partial charge < -0.3 is 19.3 Å². The van der Waals surface area contributed by atoms with Gasteiger partial charge in [-0.15, -0.1) is 0 Å². The number of aromatic hydroxyl groups is 1. The molecule has 2 aromatic carbocycles. The van der Waals surface area contributed by atoms with E-state index in [2.05, 4.69) is 6.92 Å². The molecule has 0 fully saturated rings. The summed E-state index contributed by atoms with van der Waals surface area (Å²) in [6.45, 7) is 6.04. The van der Waals surface area contributed by atoms with Crippen LogP contribution in [0, 0.1) is 6.92 Å². The number of hydrogen-bond acceptors (Lipinski definition) is 5. The van der Waals surface area contributed by atoms with E-state index in [1.54, 1.807) is 44.4 Å². The Hall–Kier alpha value is -2.53. The molecule has 5 nitrogen and oxygen atoms in total. The lowest BCUT2D eigenvalue weighted by molar-refractivity contribution is 0.0727. The van der Waals surface area contributed by atoms with Gasteiger partial charge in [-0.3, -0.25) is 0 Å². The van der Waals surface area contributed by atoms with Crippen LogP contribution in [0.3, 0.4) is 0 Å².